The molecular weight excluding hydrogens is 390 g/mol. The maximum atomic E-state index is 12.3. The molecule has 0 saturated heterocycles. The zero-order chi connectivity index (χ0) is 20.1. The Balaban J connectivity index is 1.50. The van der Waals surface area contributed by atoms with E-state index in [1.165, 1.54) is 0 Å². The summed E-state index contributed by atoms with van der Waals surface area (Å²) in [6.07, 6.45) is 0. The van der Waals surface area contributed by atoms with Gasteiger partial charge in [0.2, 0.25) is 5.82 Å². The van der Waals surface area contributed by atoms with Gasteiger partial charge >= 0.3 is 0 Å². The van der Waals surface area contributed by atoms with Crippen LogP contribution in [0.1, 0.15) is 0 Å². The highest BCUT2D eigenvalue weighted by atomic mass is 35.5. The highest BCUT2D eigenvalue weighted by molar-refractivity contribution is 6.30. The Morgan fingerprint density at radius 2 is 1.69 bits per heavy atom. The van der Waals surface area contributed by atoms with E-state index in [-0.39, 0.29) is 12.5 Å². The van der Waals surface area contributed by atoms with Gasteiger partial charge in [-0.1, -0.05) is 47.1 Å². The molecule has 0 bridgehead atoms. The number of nitrogens with zero attached hydrogens (tertiary/aromatic N) is 2. The number of ether oxygens (including phenoxy) is 1. The standard InChI is InChI=1S/C22H16ClN3O3/c23-16-12-10-15(11-13-16)21-25-22(29-26-21)18-8-4-5-9-19(18)24-20(27)14-28-17-6-2-1-3-7-17/h1-13H,14H2,(H,24,27). The average Bonchev–Trinajstić information content (AvgIpc) is 3.24. The van der Waals surface area contributed by atoms with E-state index in [1.807, 2.05) is 42.5 Å². The maximum absolute atomic E-state index is 12.3. The molecule has 29 heavy (non-hydrogen) atoms. The number of benzene rings is 3. The fourth-order valence-corrected chi connectivity index (χ4v) is 2.81. The summed E-state index contributed by atoms with van der Waals surface area (Å²) in [6, 6.07) is 23.5. The Morgan fingerprint density at radius 1 is 0.966 bits per heavy atom. The van der Waals surface area contributed by atoms with E-state index in [2.05, 4.69) is 15.5 Å². The van der Waals surface area contributed by atoms with Crippen molar-refractivity contribution >= 4 is 23.2 Å². The van der Waals surface area contributed by atoms with Crippen LogP contribution in [-0.2, 0) is 4.79 Å². The van der Waals surface area contributed by atoms with Crippen LogP contribution in [0, 0.1) is 0 Å². The second kappa shape index (κ2) is 8.58. The summed E-state index contributed by atoms with van der Waals surface area (Å²) in [7, 11) is 0. The van der Waals surface area contributed by atoms with Gasteiger partial charge in [0, 0.05) is 10.6 Å². The first-order valence-electron chi connectivity index (χ1n) is 8.86. The summed E-state index contributed by atoms with van der Waals surface area (Å²) in [5, 5.41) is 7.48. The van der Waals surface area contributed by atoms with Crippen LogP contribution in [0.25, 0.3) is 22.8 Å². The summed E-state index contributed by atoms with van der Waals surface area (Å²) in [6.45, 7) is -0.113. The number of hydrogen-bond acceptors (Lipinski definition) is 5. The molecule has 0 saturated carbocycles. The molecule has 0 radical (unpaired) electrons. The van der Waals surface area contributed by atoms with Gasteiger partial charge in [0.05, 0.1) is 11.3 Å². The third kappa shape index (κ3) is 4.62. The third-order valence-electron chi connectivity index (χ3n) is 4.07. The first-order chi connectivity index (χ1) is 14.2. The van der Waals surface area contributed by atoms with Crippen LogP contribution in [0.15, 0.2) is 83.4 Å². The number of nitrogens with one attached hydrogen (secondary N) is 1. The number of hydrogen-bond donors (Lipinski definition) is 1. The fourth-order valence-electron chi connectivity index (χ4n) is 2.68. The number of para-hydroxylation sites is 2. The minimum atomic E-state index is -0.293. The van der Waals surface area contributed by atoms with Crippen molar-refractivity contribution in [3.05, 3.63) is 83.9 Å². The van der Waals surface area contributed by atoms with Crippen molar-refractivity contribution in [2.24, 2.45) is 0 Å². The van der Waals surface area contributed by atoms with Gasteiger partial charge in [-0.25, -0.2) is 0 Å². The minimum absolute atomic E-state index is 0.113. The summed E-state index contributed by atoms with van der Waals surface area (Å²) in [5.74, 6) is 1.07. The minimum Gasteiger partial charge on any atom is -0.484 e. The van der Waals surface area contributed by atoms with Crippen LogP contribution < -0.4 is 10.1 Å². The van der Waals surface area contributed by atoms with Gasteiger partial charge in [-0.15, -0.1) is 0 Å². The van der Waals surface area contributed by atoms with Crippen LogP contribution in [0.5, 0.6) is 5.75 Å². The van der Waals surface area contributed by atoms with E-state index in [0.29, 0.717) is 33.7 Å². The Bertz CT molecular complexity index is 1110. The van der Waals surface area contributed by atoms with Crippen molar-refractivity contribution in [3.8, 4) is 28.6 Å². The normalized spacial score (nSPS) is 10.5. The molecular formula is C22H16ClN3O3. The summed E-state index contributed by atoms with van der Waals surface area (Å²) >= 11 is 5.92. The lowest BCUT2D eigenvalue weighted by molar-refractivity contribution is -0.118. The number of carbonyl (C=O) groups is 1. The molecule has 1 aromatic heterocycles. The monoisotopic (exact) mass is 405 g/mol. The van der Waals surface area contributed by atoms with Gasteiger partial charge in [-0.3, -0.25) is 4.79 Å². The fraction of sp³-hybridized carbons (Fsp3) is 0.0455. The third-order valence-corrected chi connectivity index (χ3v) is 4.33. The molecule has 1 N–H and O–H groups in total. The molecule has 0 unspecified atom stereocenters. The first-order valence-corrected chi connectivity index (χ1v) is 9.23. The molecule has 6 nitrogen and oxygen atoms in total. The van der Waals surface area contributed by atoms with Gasteiger partial charge in [0.15, 0.2) is 6.61 Å². The highest BCUT2D eigenvalue weighted by Gasteiger charge is 2.15. The maximum Gasteiger partial charge on any atom is 0.262 e. The van der Waals surface area contributed by atoms with Crippen LogP contribution >= 0.6 is 11.6 Å². The van der Waals surface area contributed by atoms with Crippen LogP contribution in [0.3, 0.4) is 0 Å². The summed E-state index contributed by atoms with van der Waals surface area (Å²) < 4.78 is 10.9. The van der Waals surface area contributed by atoms with Crippen molar-refractivity contribution in [3.63, 3.8) is 0 Å². The Morgan fingerprint density at radius 3 is 2.48 bits per heavy atom. The molecule has 0 aliphatic carbocycles. The van der Waals surface area contributed by atoms with Gasteiger partial charge in [-0.2, -0.15) is 4.98 Å². The van der Waals surface area contributed by atoms with Crippen molar-refractivity contribution in [2.75, 3.05) is 11.9 Å². The molecule has 0 fully saturated rings. The summed E-state index contributed by atoms with van der Waals surface area (Å²) in [4.78, 5) is 16.8. The lowest BCUT2D eigenvalue weighted by atomic mass is 10.1. The largest absolute Gasteiger partial charge is 0.484 e. The number of rotatable bonds is 6. The molecule has 4 aromatic rings. The van der Waals surface area contributed by atoms with E-state index in [4.69, 9.17) is 20.9 Å². The number of aromatic nitrogens is 2. The van der Waals surface area contributed by atoms with Gasteiger partial charge in [-0.05, 0) is 48.5 Å². The van der Waals surface area contributed by atoms with Crippen molar-refractivity contribution in [1.29, 1.82) is 0 Å². The quantitative estimate of drug-likeness (QED) is 0.484. The predicted octanol–water partition coefficient (Wildman–Crippen LogP) is 5.07. The van der Waals surface area contributed by atoms with Crippen molar-refractivity contribution in [2.45, 2.75) is 0 Å². The summed E-state index contributed by atoms with van der Waals surface area (Å²) in [5.41, 5.74) is 1.95. The Labute approximate surface area is 172 Å². The smallest absolute Gasteiger partial charge is 0.262 e. The molecule has 0 aliphatic heterocycles. The topological polar surface area (TPSA) is 77.2 Å². The lowest BCUT2D eigenvalue weighted by Crippen LogP contribution is -2.20. The molecule has 0 spiro atoms. The first kappa shape index (κ1) is 18.7. The molecule has 4 rings (SSSR count). The van der Waals surface area contributed by atoms with Gasteiger partial charge in [0.25, 0.3) is 11.8 Å². The number of amides is 1. The predicted molar refractivity (Wildman–Crippen MR) is 111 cm³/mol. The Hall–Kier alpha value is -3.64. The molecule has 144 valence electrons. The van der Waals surface area contributed by atoms with Crippen molar-refractivity contribution in [1.82, 2.24) is 10.1 Å². The molecule has 1 heterocycles. The van der Waals surface area contributed by atoms with Crippen LogP contribution in [-0.4, -0.2) is 22.7 Å². The second-order valence-electron chi connectivity index (χ2n) is 6.13. The zero-order valence-electron chi connectivity index (χ0n) is 15.2. The van der Waals surface area contributed by atoms with E-state index >= 15 is 0 Å². The molecule has 0 aliphatic rings. The second-order valence-corrected chi connectivity index (χ2v) is 6.56. The van der Waals surface area contributed by atoms with Crippen LogP contribution in [0.2, 0.25) is 5.02 Å². The number of halogens is 1. The van der Waals surface area contributed by atoms with E-state index < -0.39 is 0 Å². The van der Waals surface area contributed by atoms with Gasteiger partial charge in [0.1, 0.15) is 5.75 Å². The van der Waals surface area contributed by atoms with E-state index in [0.717, 1.165) is 5.56 Å². The average molecular weight is 406 g/mol. The number of anilines is 1. The Kier molecular flexibility index (Phi) is 5.54. The lowest BCUT2D eigenvalue weighted by Gasteiger charge is -2.09. The molecule has 3 aromatic carbocycles. The number of carbonyl (C=O) groups excluding carboxylic acids is 1. The SMILES string of the molecule is O=C(COc1ccccc1)Nc1ccccc1-c1nc(-c2ccc(Cl)cc2)no1. The van der Waals surface area contributed by atoms with Crippen LogP contribution in [0.4, 0.5) is 5.69 Å². The molecule has 7 heteroatoms. The molecule has 0 atom stereocenters. The molecule has 1 amide bonds. The highest BCUT2D eigenvalue weighted by Crippen LogP contribution is 2.28. The van der Waals surface area contributed by atoms with E-state index in [9.17, 15) is 4.79 Å². The zero-order valence-corrected chi connectivity index (χ0v) is 16.0. The van der Waals surface area contributed by atoms with Gasteiger partial charge < -0.3 is 14.6 Å². The van der Waals surface area contributed by atoms with Crippen molar-refractivity contribution < 1.29 is 14.1 Å². The van der Waals surface area contributed by atoms with E-state index in [1.54, 1.807) is 36.4 Å².